The maximum atomic E-state index is 6.77. The third kappa shape index (κ3) is 1.86. The Morgan fingerprint density at radius 1 is 0.963 bits per heavy atom. The topological polar surface area (TPSA) is 27.7 Å². The minimum absolute atomic E-state index is 0.130. The van der Waals surface area contributed by atoms with E-state index in [4.69, 9.17) is 14.2 Å². The van der Waals surface area contributed by atoms with Crippen LogP contribution >= 0.6 is 0 Å². The van der Waals surface area contributed by atoms with Gasteiger partial charge in [0.25, 0.3) is 0 Å². The largest absolute Gasteiger partial charge is 0.377 e. The smallest absolute Gasteiger partial charge is 0.163 e. The average Bonchev–Trinajstić information content (AvgIpc) is 2.61. The van der Waals surface area contributed by atoms with Gasteiger partial charge in [-0.25, -0.2) is 0 Å². The molecule has 27 heavy (non-hydrogen) atoms. The first kappa shape index (κ1) is 17.5. The van der Waals surface area contributed by atoms with Crippen molar-refractivity contribution in [3.8, 4) is 0 Å². The molecular formula is C24H36O3. The molecule has 2 aliphatic heterocycles. The molecule has 5 saturated carbocycles. The molecule has 2 unspecified atom stereocenters. The third-order valence-electron chi connectivity index (χ3n) is 10.2. The molecule has 0 radical (unpaired) electrons. The number of hydrogen-bond acceptors (Lipinski definition) is 3. The SMILES string of the molecule is C=C1[C@H]2CC[C@@]34C(C2)[C@@]25CCC[C@@](C)(CO[C@H]2C)C5C[C@H]3OC(C)(C)O[C@@H]14. The summed E-state index contributed by atoms with van der Waals surface area (Å²) >= 11 is 0. The van der Waals surface area contributed by atoms with Crippen LogP contribution in [0.25, 0.3) is 0 Å². The van der Waals surface area contributed by atoms with E-state index in [0.717, 1.165) is 12.5 Å². The van der Waals surface area contributed by atoms with Gasteiger partial charge in [0, 0.05) is 10.8 Å². The quantitative estimate of drug-likeness (QED) is 0.554. The lowest BCUT2D eigenvalue weighted by Crippen LogP contribution is -2.77. The minimum Gasteiger partial charge on any atom is -0.377 e. The van der Waals surface area contributed by atoms with Crippen LogP contribution in [0.5, 0.6) is 0 Å². The van der Waals surface area contributed by atoms with E-state index in [9.17, 15) is 0 Å². The summed E-state index contributed by atoms with van der Waals surface area (Å²) in [6.45, 7) is 14.6. The fourth-order valence-electron chi connectivity index (χ4n) is 9.26. The van der Waals surface area contributed by atoms with E-state index in [-0.39, 0.29) is 11.5 Å². The van der Waals surface area contributed by atoms with Crippen LogP contribution in [0.1, 0.15) is 72.6 Å². The lowest BCUT2D eigenvalue weighted by molar-refractivity contribution is -0.408. The molecule has 7 fully saturated rings. The van der Waals surface area contributed by atoms with Gasteiger partial charge in [0.1, 0.15) is 0 Å². The number of ether oxygens (including phenoxy) is 3. The molecule has 0 amide bonds. The van der Waals surface area contributed by atoms with Crippen LogP contribution in [0.3, 0.4) is 0 Å². The predicted octanol–water partition coefficient (Wildman–Crippen LogP) is 5.09. The first-order valence-corrected chi connectivity index (χ1v) is 11.4. The van der Waals surface area contributed by atoms with Crippen molar-refractivity contribution in [2.45, 2.75) is 96.7 Å². The molecule has 0 aromatic rings. The number of rotatable bonds is 0. The van der Waals surface area contributed by atoms with Gasteiger partial charge in [0.15, 0.2) is 5.79 Å². The van der Waals surface area contributed by atoms with Crippen molar-refractivity contribution in [3.05, 3.63) is 12.2 Å². The molecule has 5 aliphatic carbocycles. The van der Waals surface area contributed by atoms with Crippen LogP contribution in [0.2, 0.25) is 0 Å². The zero-order valence-electron chi connectivity index (χ0n) is 17.6. The van der Waals surface area contributed by atoms with Crippen molar-refractivity contribution >= 4 is 0 Å². The van der Waals surface area contributed by atoms with Crippen molar-refractivity contribution in [2.75, 3.05) is 6.61 Å². The van der Waals surface area contributed by atoms with Gasteiger partial charge in [-0.05, 0) is 88.0 Å². The van der Waals surface area contributed by atoms with Gasteiger partial charge in [-0.3, -0.25) is 0 Å². The normalized spacial score (nSPS) is 60.5. The second kappa shape index (κ2) is 5.02. The Labute approximate surface area is 164 Å². The third-order valence-corrected chi connectivity index (χ3v) is 10.2. The van der Waals surface area contributed by atoms with Gasteiger partial charge in [0.2, 0.25) is 0 Å². The van der Waals surface area contributed by atoms with Gasteiger partial charge < -0.3 is 14.2 Å². The highest BCUT2D eigenvalue weighted by molar-refractivity contribution is 5.31. The Morgan fingerprint density at radius 2 is 1.78 bits per heavy atom. The fraction of sp³-hybridized carbons (Fsp3) is 0.917. The molecule has 9 atom stereocenters. The summed E-state index contributed by atoms with van der Waals surface area (Å²) in [7, 11) is 0. The van der Waals surface area contributed by atoms with Crippen molar-refractivity contribution in [1.82, 2.24) is 0 Å². The average molecular weight is 373 g/mol. The van der Waals surface area contributed by atoms with E-state index in [2.05, 4.69) is 34.3 Å². The molecule has 7 aliphatic rings. The van der Waals surface area contributed by atoms with Crippen LogP contribution in [0.15, 0.2) is 12.2 Å². The monoisotopic (exact) mass is 372 g/mol. The van der Waals surface area contributed by atoms with Gasteiger partial charge >= 0.3 is 0 Å². The maximum Gasteiger partial charge on any atom is 0.163 e. The van der Waals surface area contributed by atoms with Crippen molar-refractivity contribution < 1.29 is 14.2 Å². The summed E-state index contributed by atoms with van der Waals surface area (Å²) in [6, 6.07) is 0. The zero-order valence-corrected chi connectivity index (χ0v) is 17.6. The molecule has 1 spiro atoms. The first-order chi connectivity index (χ1) is 12.7. The highest BCUT2D eigenvalue weighted by Gasteiger charge is 2.76. The first-order valence-electron chi connectivity index (χ1n) is 11.4. The number of fused-ring (bicyclic) bond motifs is 1. The van der Waals surface area contributed by atoms with Crippen LogP contribution < -0.4 is 0 Å². The van der Waals surface area contributed by atoms with Crippen molar-refractivity contribution in [2.24, 2.45) is 34.0 Å². The fourth-order valence-corrected chi connectivity index (χ4v) is 9.26. The molecule has 0 aromatic heterocycles. The Kier molecular flexibility index (Phi) is 3.25. The Hall–Kier alpha value is -0.380. The van der Waals surface area contributed by atoms with Crippen molar-refractivity contribution in [1.29, 1.82) is 0 Å². The van der Waals surface area contributed by atoms with Gasteiger partial charge in [-0.1, -0.05) is 19.9 Å². The summed E-state index contributed by atoms with van der Waals surface area (Å²) in [5.41, 5.74) is 2.14. The number of hydrogen-bond donors (Lipinski definition) is 0. The van der Waals surface area contributed by atoms with E-state index in [1.807, 2.05) is 0 Å². The van der Waals surface area contributed by atoms with Crippen LogP contribution in [0, 0.1) is 34.0 Å². The molecule has 7 rings (SSSR count). The molecule has 150 valence electrons. The maximum absolute atomic E-state index is 6.77. The second-order valence-electron chi connectivity index (χ2n) is 11.6. The molecule has 3 heteroatoms. The van der Waals surface area contributed by atoms with Crippen molar-refractivity contribution in [3.63, 3.8) is 0 Å². The standard InChI is InChI=1S/C24H36O3/c1-14-16-7-10-24-18(11-16)23-9-6-8-22(5,13-25-15(23)2)17(23)12-19(24)26-21(3,4)27-20(14)24/h15-20H,1,6-13H2,2-5H3/t15-,16-,17?,18?,19+,20-,22-,23-,24+/m0/s1. The zero-order chi connectivity index (χ0) is 18.8. The summed E-state index contributed by atoms with van der Waals surface area (Å²) in [6.07, 6.45) is 9.90. The summed E-state index contributed by atoms with van der Waals surface area (Å²) in [5, 5.41) is 0. The molecule has 0 N–H and O–H groups in total. The van der Waals surface area contributed by atoms with E-state index < -0.39 is 5.79 Å². The van der Waals surface area contributed by atoms with E-state index in [1.54, 1.807) is 0 Å². The van der Waals surface area contributed by atoms with E-state index in [1.165, 1.54) is 50.5 Å². The summed E-state index contributed by atoms with van der Waals surface area (Å²) in [5.74, 6) is 1.52. The molecule has 2 saturated heterocycles. The lowest BCUT2D eigenvalue weighted by Gasteiger charge is -2.76. The van der Waals surface area contributed by atoms with Gasteiger partial charge in [-0.15, -0.1) is 0 Å². The van der Waals surface area contributed by atoms with E-state index in [0.29, 0.717) is 34.9 Å². The molecule has 2 heterocycles. The Morgan fingerprint density at radius 3 is 2.59 bits per heavy atom. The Bertz CT molecular complexity index is 700. The summed E-state index contributed by atoms with van der Waals surface area (Å²) in [4.78, 5) is 0. The second-order valence-corrected chi connectivity index (χ2v) is 11.6. The predicted molar refractivity (Wildman–Crippen MR) is 104 cm³/mol. The lowest BCUT2D eigenvalue weighted by atomic mass is 9.33. The van der Waals surface area contributed by atoms with Crippen LogP contribution in [0.4, 0.5) is 0 Å². The Balaban J connectivity index is 1.55. The van der Waals surface area contributed by atoms with Crippen LogP contribution in [-0.4, -0.2) is 30.7 Å². The molecule has 0 aromatic carbocycles. The minimum atomic E-state index is -0.497. The van der Waals surface area contributed by atoms with Gasteiger partial charge in [-0.2, -0.15) is 0 Å². The molecular weight excluding hydrogens is 336 g/mol. The molecule has 4 bridgehead atoms. The molecule has 3 nitrogen and oxygen atoms in total. The summed E-state index contributed by atoms with van der Waals surface area (Å²) < 4.78 is 20.0. The van der Waals surface area contributed by atoms with Crippen LogP contribution in [-0.2, 0) is 14.2 Å². The highest BCUT2D eigenvalue weighted by Crippen LogP contribution is 2.76. The van der Waals surface area contributed by atoms with Gasteiger partial charge in [0.05, 0.1) is 24.9 Å². The highest BCUT2D eigenvalue weighted by atomic mass is 16.7. The van der Waals surface area contributed by atoms with E-state index >= 15 is 0 Å².